The quantitative estimate of drug-likeness (QED) is 0.739. The predicted molar refractivity (Wildman–Crippen MR) is 73.0 cm³/mol. The number of unbranched alkanes of at least 4 members (excludes halogenated alkanes) is 2. The van der Waals surface area contributed by atoms with E-state index in [2.05, 4.69) is 46.7 Å². The van der Waals surface area contributed by atoms with Crippen LogP contribution in [0.25, 0.3) is 0 Å². The van der Waals surface area contributed by atoms with Gasteiger partial charge in [0.25, 0.3) is 0 Å². The van der Waals surface area contributed by atoms with Gasteiger partial charge in [-0.05, 0) is 18.6 Å². The van der Waals surface area contributed by atoms with Crippen LogP contribution >= 0.6 is 0 Å². The van der Waals surface area contributed by atoms with Crippen molar-refractivity contribution < 1.29 is 0 Å². The third-order valence-corrected chi connectivity index (χ3v) is 3.23. The van der Waals surface area contributed by atoms with Crippen molar-refractivity contribution in [3.8, 4) is 0 Å². The summed E-state index contributed by atoms with van der Waals surface area (Å²) in [5, 5.41) is 7.03. The lowest BCUT2D eigenvalue weighted by molar-refractivity contribution is 0.259. The summed E-state index contributed by atoms with van der Waals surface area (Å²) in [5.74, 6) is 0. The third kappa shape index (κ3) is 3.72. The van der Waals surface area contributed by atoms with Gasteiger partial charge < -0.3 is 5.32 Å². The highest BCUT2D eigenvalue weighted by molar-refractivity contribution is 5.43. The summed E-state index contributed by atoms with van der Waals surface area (Å²) in [6.07, 6.45) is 4.21. The van der Waals surface area contributed by atoms with Crippen molar-refractivity contribution in [2.24, 2.45) is 0 Å². The number of hydrogen-bond donors (Lipinski definition) is 2. The average molecular weight is 233 g/mol. The lowest BCUT2D eigenvalue weighted by Crippen LogP contribution is -2.42. The fourth-order valence-electron chi connectivity index (χ4n) is 2.24. The molecule has 1 fully saturated rings. The van der Waals surface area contributed by atoms with Crippen LogP contribution in [0.3, 0.4) is 0 Å². The minimum atomic E-state index is 0.300. The number of nitrogens with zero attached hydrogens (tertiary/aromatic N) is 1. The molecule has 17 heavy (non-hydrogen) atoms. The minimum Gasteiger partial charge on any atom is -0.357 e. The smallest absolute Gasteiger partial charge is 0.135 e. The Morgan fingerprint density at radius 3 is 2.88 bits per heavy atom. The van der Waals surface area contributed by atoms with Gasteiger partial charge in [-0.1, -0.05) is 38.0 Å². The monoisotopic (exact) mass is 233 g/mol. The molecule has 0 radical (unpaired) electrons. The van der Waals surface area contributed by atoms with E-state index in [0.29, 0.717) is 6.29 Å². The van der Waals surface area contributed by atoms with Crippen molar-refractivity contribution >= 4 is 5.69 Å². The van der Waals surface area contributed by atoms with Gasteiger partial charge >= 0.3 is 0 Å². The topological polar surface area (TPSA) is 27.3 Å². The molecule has 1 atom stereocenters. The zero-order valence-corrected chi connectivity index (χ0v) is 10.7. The van der Waals surface area contributed by atoms with Gasteiger partial charge in [0, 0.05) is 25.3 Å². The van der Waals surface area contributed by atoms with Crippen molar-refractivity contribution in [3.63, 3.8) is 0 Å². The molecule has 0 spiro atoms. The summed E-state index contributed by atoms with van der Waals surface area (Å²) in [5.41, 5.74) is 1.19. The second kappa shape index (κ2) is 6.62. The molecule has 2 N–H and O–H groups in total. The van der Waals surface area contributed by atoms with Crippen molar-refractivity contribution in [3.05, 3.63) is 30.3 Å². The number of hydrogen-bond acceptors (Lipinski definition) is 3. The van der Waals surface area contributed by atoms with Crippen LogP contribution in [-0.2, 0) is 0 Å². The number of anilines is 1. The second-order valence-corrected chi connectivity index (χ2v) is 4.61. The van der Waals surface area contributed by atoms with E-state index in [0.717, 1.165) is 13.1 Å². The van der Waals surface area contributed by atoms with Crippen LogP contribution in [0, 0.1) is 0 Å². The van der Waals surface area contributed by atoms with Gasteiger partial charge in [-0.25, -0.2) is 0 Å². The summed E-state index contributed by atoms with van der Waals surface area (Å²) >= 11 is 0. The van der Waals surface area contributed by atoms with E-state index in [1.54, 1.807) is 0 Å². The van der Waals surface area contributed by atoms with Crippen molar-refractivity contribution in [1.29, 1.82) is 0 Å². The molecule has 0 saturated carbocycles. The van der Waals surface area contributed by atoms with Crippen LogP contribution in [-0.4, -0.2) is 30.8 Å². The molecule has 1 aliphatic heterocycles. The molecule has 1 aromatic rings. The molecule has 1 aromatic carbocycles. The molecule has 0 aliphatic carbocycles. The van der Waals surface area contributed by atoms with Crippen LogP contribution in [0.2, 0.25) is 0 Å². The Hall–Kier alpha value is -1.06. The molecule has 94 valence electrons. The number of benzene rings is 1. The maximum absolute atomic E-state index is 3.53. The van der Waals surface area contributed by atoms with E-state index in [-0.39, 0.29) is 0 Å². The zero-order valence-electron chi connectivity index (χ0n) is 10.7. The fourth-order valence-corrected chi connectivity index (χ4v) is 2.24. The highest BCUT2D eigenvalue weighted by Gasteiger charge is 2.22. The van der Waals surface area contributed by atoms with Gasteiger partial charge in [-0.15, -0.1) is 0 Å². The summed E-state index contributed by atoms with van der Waals surface area (Å²) < 4.78 is 0. The molecule has 0 aromatic heterocycles. The van der Waals surface area contributed by atoms with E-state index in [1.807, 2.05) is 6.07 Å². The highest BCUT2D eigenvalue weighted by Crippen LogP contribution is 2.11. The Morgan fingerprint density at radius 2 is 2.12 bits per heavy atom. The lowest BCUT2D eigenvalue weighted by Gasteiger charge is -2.25. The first kappa shape index (κ1) is 12.4. The van der Waals surface area contributed by atoms with E-state index in [1.165, 1.54) is 31.5 Å². The minimum absolute atomic E-state index is 0.300. The SMILES string of the molecule is CCCCCN1CCNC1Nc1ccccc1. The Balaban J connectivity index is 1.82. The predicted octanol–water partition coefficient (Wildman–Crippen LogP) is 2.48. The normalized spacial score (nSPS) is 20.6. The first-order valence-electron chi connectivity index (χ1n) is 6.69. The zero-order chi connectivity index (χ0) is 11.9. The molecular weight excluding hydrogens is 210 g/mol. The largest absolute Gasteiger partial charge is 0.357 e. The lowest BCUT2D eigenvalue weighted by atomic mass is 10.2. The number of rotatable bonds is 6. The van der Waals surface area contributed by atoms with Crippen LogP contribution in [0.4, 0.5) is 5.69 Å². The molecular formula is C14H23N3. The summed E-state index contributed by atoms with van der Waals surface area (Å²) in [7, 11) is 0. The van der Waals surface area contributed by atoms with E-state index in [4.69, 9.17) is 0 Å². The Morgan fingerprint density at radius 1 is 1.29 bits per heavy atom. The highest BCUT2D eigenvalue weighted by atomic mass is 15.4. The van der Waals surface area contributed by atoms with Gasteiger partial charge in [0.05, 0.1) is 0 Å². The molecule has 2 rings (SSSR count). The Bertz CT molecular complexity index is 313. The summed E-state index contributed by atoms with van der Waals surface area (Å²) in [6.45, 7) is 5.66. The molecule has 0 bridgehead atoms. The first-order chi connectivity index (χ1) is 8.40. The van der Waals surface area contributed by atoms with Gasteiger partial charge in [0.15, 0.2) is 0 Å². The van der Waals surface area contributed by atoms with E-state index in [9.17, 15) is 0 Å². The number of para-hydroxylation sites is 1. The van der Waals surface area contributed by atoms with Crippen molar-refractivity contribution in [2.45, 2.75) is 32.5 Å². The first-order valence-corrected chi connectivity index (χ1v) is 6.69. The standard InChI is InChI=1S/C14H23N3/c1-2-3-7-11-17-12-10-15-14(17)16-13-8-5-4-6-9-13/h4-6,8-9,14-16H,2-3,7,10-12H2,1H3. The van der Waals surface area contributed by atoms with Crippen LogP contribution < -0.4 is 10.6 Å². The molecule has 3 heteroatoms. The average Bonchev–Trinajstić information content (AvgIpc) is 2.79. The number of nitrogens with one attached hydrogen (secondary N) is 2. The van der Waals surface area contributed by atoms with Crippen LogP contribution in [0.15, 0.2) is 30.3 Å². The van der Waals surface area contributed by atoms with Crippen molar-refractivity contribution in [1.82, 2.24) is 10.2 Å². The van der Waals surface area contributed by atoms with Gasteiger partial charge in [-0.3, -0.25) is 10.2 Å². The molecule has 0 amide bonds. The summed E-state index contributed by atoms with van der Waals surface area (Å²) in [6, 6.07) is 10.4. The molecule has 1 saturated heterocycles. The third-order valence-electron chi connectivity index (χ3n) is 3.23. The van der Waals surface area contributed by atoms with E-state index >= 15 is 0 Å². The van der Waals surface area contributed by atoms with E-state index < -0.39 is 0 Å². The van der Waals surface area contributed by atoms with Gasteiger partial charge in [0.2, 0.25) is 0 Å². The maximum Gasteiger partial charge on any atom is 0.135 e. The molecule has 1 heterocycles. The van der Waals surface area contributed by atoms with Crippen LogP contribution in [0.5, 0.6) is 0 Å². The fraction of sp³-hybridized carbons (Fsp3) is 0.571. The maximum atomic E-state index is 3.53. The second-order valence-electron chi connectivity index (χ2n) is 4.61. The molecule has 3 nitrogen and oxygen atoms in total. The molecule has 1 aliphatic rings. The molecule has 1 unspecified atom stereocenters. The summed E-state index contributed by atoms with van der Waals surface area (Å²) in [4.78, 5) is 2.49. The Labute approximate surface area is 104 Å². The van der Waals surface area contributed by atoms with Crippen LogP contribution in [0.1, 0.15) is 26.2 Å². The van der Waals surface area contributed by atoms with Gasteiger partial charge in [0.1, 0.15) is 6.29 Å². The Kier molecular flexibility index (Phi) is 4.83. The van der Waals surface area contributed by atoms with Gasteiger partial charge in [-0.2, -0.15) is 0 Å². The van der Waals surface area contributed by atoms with Crippen molar-refractivity contribution in [2.75, 3.05) is 25.0 Å².